The van der Waals surface area contributed by atoms with Crippen molar-refractivity contribution in [3.05, 3.63) is 48.2 Å². The van der Waals surface area contributed by atoms with E-state index in [1.807, 2.05) is 6.07 Å². The number of aryl methyl sites for hydroxylation is 1. The van der Waals surface area contributed by atoms with Gasteiger partial charge in [0.05, 0.1) is 5.56 Å². The third-order valence-electron chi connectivity index (χ3n) is 2.40. The molecule has 16 heavy (non-hydrogen) atoms. The fourth-order valence-electron chi connectivity index (χ4n) is 1.62. The molecule has 4 heteroatoms. The Kier molecular flexibility index (Phi) is 2.50. The lowest BCUT2D eigenvalue weighted by atomic mass is 10.1. The van der Waals surface area contributed by atoms with Crippen LogP contribution in [0.1, 0.15) is 5.56 Å². The second-order valence-electron chi connectivity index (χ2n) is 3.59. The Hall–Kier alpha value is -1.71. The zero-order valence-electron chi connectivity index (χ0n) is 8.62. The van der Waals surface area contributed by atoms with Crippen LogP contribution in [-0.2, 0) is 13.2 Å². The lowest BCUT2D eigenvalue weighted by Crippen LogP contribution is -2.02. The minimum atomic E-state index is -4.29. The van der Waals surface area contributed by atoms with E-state index in [0.29, 0.717) is 5.69 Å². The zero-order valence-corrected chi connectivity index (χ0v) is 8.62. The maximum atomic E-state index is 12.5. The molecule has 0 aliphatic heterocycles. The largest absolute Gasteiger partial charge is 0.417 e. The van der Waals surface area contributed by atoms with Crippen molar-refractivity contribution in [2.75, 3.05) is 0 Å². The smallest absolute Gasteiger partial charge is 0.350 e. The van der Waals surface area contributed by atoms with Crippen molar-refractivity contribution in [3.8, 4) is 11.3 Å². The van der Waals surface area contributed by atoms with Crippen LogP contribution in [0.25, 0.3) is 11.3 Å². The van der Waals surface area contributed by atoms with E-state index in [1.54, 1.807) is 31.3 Å². The van der Waals surface area contributed by atoms with E-state index >= 15 is 0 Å². The number of hydrogen-bond acceptors (Lipinski definition) is 0. The molecule has 0 N–H and O–H groups in total. The van der Waals surface area contributed by atoms with Crippen molar-refractivity contribution in [1.29, 1.82) is 0 Å². The van der Waals surface area contributed by atoms with Crippen molar-refractivity contribution in [1.82, 2.24) is 4.57 Å². The Morgan fingerprint density at radius 3 is 2.19 bits per heavy atom. The molecule has 0 saturated carbocycles. The number of alkyl halides is 3. The Bertz CT molecular complexity index is 483. The number of benzene rings is 1. The molecule has 2 aromatic rings. The van der Waals surface area contributed by atoms with Gasteiger partial charge in [-0.2, -0.15) is 13.2 Å². The summed E-state index contributed by atoms with van der Waals surface area (Å²) < 4.78 is 38.9. The maximum absolute atomic E-state index is 12.5. The van der Waals surface area contributed by atoms with E-state index < -0.39 is 11.7 Å². The molecule has 84 valence electrons. The van der Waals surface area contributed by atoms with E-state index in [0.717, 1.165) is 17.8 Å². The number of hydrogen-bond donors (Lipinski definition) is 0. The van der Waals surface area contributed by atoms with Gasteiger partial charge in [0.25, 0.3) is 0 Å². The number of rotatable bonds is 1. The first-order valence-corrected chi connectivity index (χ1v) is 4.77. The van der Waals surface area contributed by atoms with Crippen molar-refractivity contribution < 1.29 is 13.2 Å². The van der Waals surface area contributed by atoms with Crippen LogP contribution >= 0.6 is 0 Å². The van der Waals surface area contributed by atoms with Gasteiger partial charge in [-0.3, -0.25) is 0 Å². The summed E-state index contributed by atoms with van der Waals surface area (Å²) >= 11 is 0. The summed E-state index contributed by atoms with van der Waals surface area (Å²) in [5.74, 6) is 0. The van der Waals surface area contributed by atoms with Crippen LogP contribution in [-0.4, -0.2) is 4.57 Å². The van der Waals surface area contributed by atoms with Crippen molar-refractivity contribution in [2.45, 2.75) is 6.18 Å². The summed E-state index contributed by atoms with van der Waals surface area (Å²) in [6.07, 6.45) is -3.19. The highest BCUT2D eigenvalue weighted by molar-refractivity contribution is 5.61. The van der Waals surface area contributed by atoms with Crippen LogP contribution in [0.2, 0.25) is 0 Å². The van der Waals surface area contributed by atoms with Gasteiger partial charge in [0.2, 0.25) is 0 Å². The van der Waals surface area contributed by atoms with Crippen LogP contribution in [0.15, 0.2) is 42.6 Å². The summed E-state index contributed by atoms with van der Waals surface area (Å²) in [6, 6.07) is 10.2. The van der Waals surface area contributed by atoms with Gasteiger partial charge in [0.1, 0.15) is 0 Å². The van der Waals surface area contributed by atoms with Gasteiger partial charge in [0, 0.05) is 18.9 Å². The molecule has 1 heterocycles. The molecular weight excluding hydrogens is 215 g/mol. The normalized spacial score (nSPS) is 11.8. The first kappa shape index (κ1) is 10.8. The van der Waals surface area contributed by atoms with Gasteiger partial charge in [0.15, 0.2) is 0 Å². The molecule has 1 aromatic heterocycles. The molecular formula is C12H10F3N. The van der Waals surface area contributed by atoms with Crippen molar-refractivity contribution in [2.24, 2.45) is 7.05 Å². The third kappa shape index (κ3) is 1.96. The van der Waals surface area contributed by atoms with Gasteiger partial charge < -0.3 is 4.57 Å². The molecule has 0 bridgehead atoms. The molecule has 0 amide bonds. The molecule has 0 aliphatic carbocycles. The standard InChI is InChI=1S/C12H10F3N/c1-16-8-10(12(13,14)15)7-11(16)9-5-3-2-4-6-9/h2-8H,1H3. The van der Waals surface area contributed by atoms with E-state index in [-0.39, 0.29) is 0 Å². The number of halogens is 3. The van der Waals surface area contributed by atoms with Crippen molar-refractivity contribution >= 4 is 0 Å². The minimum absolute atomic E-state index is 0.563. The van der Waals surface area contributed by atoms with E-state index in [4.69, 9.17) is 0 Å². The summed E-state index contributed by atoms with van der Waals surface area (Å²) in [6.45, 7) is 0. The van der Waals surface area contributed by atoms with Crippen LogP contribution in [0.5, 0.6) is 0 Å². The molecule has 0 spiro atoms. The molecule has 0 aliphatic rings. The average Bonchev–Trinajstić information content (AvgIpc) is 2.61. The topological polar surface area (TPSA) is 4.93 Å². The van der Waals surface area contributed by atoms with Gasteiger partial charge in [-0.15, -0.1) is 0 Å². The molecule has 0 unspecified atom stereocenters. The van der Waals surface area contributed by atoms with Crippen molar-refractivity contribution in [3.63, 3.8) is 0 Å². The fraction of sp³-hybridized carbons (Fsp3) is 0.167. The summed E-state index contributed by atoms with van der Waals surface area (Å²) in [5, 5.41) is 0. The first-order valence-electron chi connectivity index (χ1n) is 4.77. The zero-order chi connectivity index (χ0) is 11.8. The lowest BCUT2D eigenvalue weighted by Gasteiger charge is -2.01. The van der Waals surface area contributed by atoms with Gasteiger partial charge in [-0.05, 0) is 11.6 Å². The van der Waals surface area contributed by atoms with Crippen LogP contribution in [0, 0.1) is 0 Å². The van der Waals surface area contributed by atoms with Crippen LogP contribution in [0.4, 0.5) is 13.2 Å². The molecule has 2 rings (SSSR count). The number of nitrogens with zero attached hydrogens (tertiary/aromatic N) is 1. The second-order valence-corrected chi connectivity index (χ2v) is 3.59. The van der Waals surface area contributed by atoms with E-state index in [1.165, 1.54) is 4.57 Å². The second kappa shape index (κ2) is 3.70. The molecule has 1 aromatic carbocycles. The highest BCUT2D eigenvalue weighted by atomic mass is 19.4. The summed E-state index contributed by atoms with van der Waals surface area (Å²) in [4.78, 5) is 0. The highest BCUT2D eigenvalue weighted by Gasteiger charge is 2.32. The predicted molar refractivity (Wildman–Crippen MR) is 55.9 cm³/mol. The summed E-state index contributed by atoms with van der Waals surface area (Å²) in [5.41, 5.74) is 0.724. The Morgan fingerprint density at radius 1 is 1.06 bits per heavy atom. The SMILES string of the molecule is Cn1cc(C(F)(F)F)cc1-c1ccccc1. The predicted octanol–water partition coefficient (Wildman–Crippen LogP) is 3.71. The Morgan fingerprint density at radius 2 is 1.69 bits per heavy atom. The Balaban J connectivity index is 2.48. The monoisotopic (exact) mass is 225 g/mol. The number of aromatic nitrogens is 1. The maximum Gasteiger partial charge on any atom is 0.417 e. The molecule has 0 radical (unpaired) electrons. The Labute approximate surface area is 91.1 Å². The molecule has 0 saturated heterocycles. The van der Waals surface area contributed by atoms with Crippen LogP contribution in [0.3, 0.4) is 0 Å². The quantitative estimate of drug-likeness (QED) is 0.697. The van der Waals surface area contributed by atoms with Crippen LogP contribution < -0.4 is 0 Å². The molecule has 1 nitrogen and oxygen atoms in total. The summed E-state index contributed by atoms with van der Waals surface area (Å²) in [7, 11) is 1.61. The minimum Gasteiger partial charge on any atom is -0.350 e. The van der Waals surface area contributed by atoms with Gasteiger partial charge >= 0.3 is 6.18 Å². The molecule has 0 fully saturated rings. The van der Waals surface area contributed by atoms with Gasteiger partial charge in [-0.1, -0.05) is 30.3 Å². The lowest BCUT2D eigenvalue weighted by molar-refractivity contribution is -0.137. The molecule has 0 atom stereocenters. The average molecular weight is 225 g/mol. The van der Waals surface area contributed by atoms with Gasteiger partial charge in [-0.25, -0.2) is 0 Å². The first-order chi connectivity index (χ1) is 7.48. The highest BCUT2D eigenvalue weighted by Crippen LogP contribution is 2.33. The fourth-order valence-corrected chi connectivity index (χ4v) is 1.62. The third-order valence-corrected chi connectivity index (χ3v) is 2.40. The van der Waals surface area contributed by atoms with E-state index in [2.05, 4.69) is 0 Å². The van der Waals surface area contributed by atoms with E-state index in [9.17, 15) is 13.2 Å².